The second-order valence-electron chi connectivity index (χ2n) is 14.9. The Hall–Kier alpha value is -7.68. The van der Waals surface area contributed by atoms with Gasteiger partial charge in [-0.05, 0) is 121 Å². The van der Waals surface area contributed by atoms with E-state index in [1.807, 2.05) is 0 Å². The summed E-state index contributed by atoms with van der Waals surface area (Å²) in [6, 6.07) is 80.6. The van der Waals surface area contributed by atoms with Crippen LogP contribution in [0.5, 0.6) is 0 Å². The first kappa shape index (κ1) is 33.6. The van der Waals surface area contributed by atoms with Crippen molar-refractivity contribution in [3.63, 3.8) is 0 Å². The highest BCUT2D eigenvalue weighted by atomic mass is 16.3. The van der Waals surface area contributed by atoms with Crippen LogP contribution in [0.2, 0.25) is 0 Å². The van der Waals surface area contributed by atoms with E-state index in [-0.39, 0.29) is 0 Å². The Morgan fingerprint density at radius 2 is 0.741 bits per heavy atom. The van der Waals surface area contributed by atoms with Crippen molar-refractivity contribution in [2.45, 2.75) is 0 Å². The van der Waals surface area contributed by atoms with Gasteiger partial charge < -0.3 is 9.32 Å². The molecule has 0 fully saturated rings. The summed E-state index contributed by atoms with van der Waals surface area (Å²) in [5, 5.41) is 6.99. The van der Waals surface area contributed by atoms with E-state index < -0.39 is 0 Å². The molecule has 10 aromatic carbocycles. The van der Waals surface area contributed by atoms with Crippen LogP contribution in [-0.2, 0) is 0 Å². The van der Waals surface area contributed by atoms with Crippen LogP contribution >= 0.6 is 0 Å². The number of anilines is 3. The molecule has 0 N–H and O–H groups in total. The van der Waals surface area contributed by atoms with E-state index >= 15 is 0 Å². The van der Waals surface area contributed by atoms with Crippen molar-refractivity contribution in [2.75, 3.05) is 4.90 Å². The van der Waals surface area contributed by atoms with Crippen LogP contribution in [0.3, 0.4) is 0 Å². The molecule has 2 heteroatoms. The maximum Gasteiger partial charge on any atom is 0.143 e. The molecule has 1 heterocycles. The lowest BCUT2D eigenvalue weighted by molar-refractivity contribution is 0.673. The first-order valence-corrected chi connectivity index (χ1v) is 19.8. The molecule has 0 spiro atoms. The van der Waals surface area contributed by atoms with Gasteiger partial charge in [-0.2, -0.15) is 0 Å². The van der Waals surface area contributed by atoms with E-state index in [1.165, 1.54) is 49.5 Å². The van der Waals surface area contributed by atoms with Gasteiger partial charge in [-0.1, -0.05) is 164 Å². The molecule has 0 radical (unpaired) electrons. The first-order valence-electron chi connectivity index (χ1n) is 19.8. The Morgan fingerprint density at radius 3 is 1.36 bits per heavy atom. The molecule has 1 aromatic heterocycles. The molecule has 0 saturated heterocycles. The van der Waals surface area contributed by atoms with Crippen molar-refractivity contribution < 1.29 is 4.42 Å². The van der Waals surface area contributed by atoms with Gasteiger partial charge in [-0.15, -0.1) is 0 Å². The summed E-state index contributed by atoms with van der Waals surface area (Å²) in [5.41, 5.74) is 14.6. The normalized spacial score (nSPS) is 11.4. The van der Waals surface area contributed by atoms with Crippen LogP contribution in [0.15, 0.2) is 229 Å². The predicted octanol–water partition coefficient (Wildman–Crippen LogP) is 16.0. The van der Waals surface area contributed by atoms with Gasteiger partial charge >= 0.3 is 0 Å². The highest BCUT2D eigenvalue weighted by molar-refractivity contribution is 6.19. The third kappa shape index (κ3) is 6.00. The van der Waals surface area contributed by atoms with Gasteiger partial charge in [-0.3, -0.25) is 0 Å². The maximum absolute atomic E-state index is 6.72. The maximum atomic E-state index is 6.72. The Bertz CT molecular complexity index is 3150. The molecule has 272 valence electrons. The average molecular weight is 740 g/mol. The third-order valence-electron chi connectivity index (χ3n) is 11.5. The van der Waals surface area contributed by atoms with Crippen molar-refractivity contribution in [1.82, 2.24) is 0 Å². The number of rotatable bonds is 7. The summed E-state index contributed by atoms with van der Waals surface area (Å²) >= 11 is 0. The lowest BCUT2D eigenvalue weighted by Crippen LogP contribution is -2.09. The molecule has 0 bridgehead atoms. The Balaban J connectivity index is 0.992. The summed E-state index contributed by atoms with van der Waals surface area (Å²) < 4.78 is 6.72. The SMILES string of the molecule is c1ccc(-c2ccc(N(c3ccc(-c4ccccc4)cc3)c3ccc(-c4cc5c6ccc(-c7ccc8ccccc8c7)cc6oc5c5ccccc45)cc3)cc2)cc1. The number of hydrogen-bond donors (Lipinski definition) is 0. The first-order chi connectivity index (χ1) is 28.7. The monoisotopic (exact) mass is 739 g/mol. The minimum Gasteiger partial charge on any atom is -0.455 e. The molecular formula is C56H37NO. The molecule has 11 rings (SSSR count). The summed E-state index contributed by atoms with van der Waals surface area (Å²) in [6.07, 6.45) is 0. The average Bonchev–Trinajstić information content (AvgIpc) is 3.68. The minimum absolute atomic E-state index is 0.894. The molecule has 0 aliphatic rings. The third-order valence-corrected chi connectivity index (χ3v) is 11.5. The lowest BCUT2D eigenvalue weighted by atomic mass is 9.94. The molecule has 11 aromatic rings. The summed E-state index contributed by atoms with van der Waals surface area (Å²) in [5.74, 6) is 0. The van der Waals surface area contributed by atoms with Crippen LogP contribution in [0.4, 0.5) is 17.1 Å². The summed E-state index contributed by atoms with van der Waals surface area (Å²) in [4.78, 5) is 2.34. The Labute approximate surface area is 337 Å². The zero-order valence-electron chi connectivity index (χ0n) is 31.7. The fourth-order valence-corrected chi connectivity index (χ4v) is 8.49. The lowest BCUT2D eigenvalue weighted by Gasteiger charge is -2.26. The molecule has 0 saturated carbocycles. The van der Waals surface area contributed by atoms with Crippen LogP contribution < -0.4 is 4.90 Å². The standard InChI is InChI=1S/C56H37NO/c1-3-11-38(12-4-1)41-21-28-47(29-22-41)57(48-30-23-42(24-31-48)39-13-5-2-6-14-39)49-32-25-43(26-33-49)53-37-54-51-34-27-46(45-20-19-40-15-7-8-16-44(40)35-45)36-55(51)58-56(54)52-18-10-9-17-50(52)53/h1-37H. The quantitative estimate of drug-likeness (QED) is 0.162. The van der Waals surface area contributed by atoms with E-state index in [0.717, 1.165) is 55.5 Å². The molecule has 0 amide bonds. The fourth-order valence-electron chi connectivity index (χ4n) is 8.49. The number of nitrogens with zero attached hydrogens (tertiary/aromatic N) is 1. The van der Waals surface area contributed by atoms with Crippen LogP contribution in [0, 0.1) is 0 Å². The van der Waals surface area contributed by atoms with Gasteiger partial charge in [0.25, 0.3) is 0 Å². The van der Waals surface area contributed by atoms with Crippen molar-refractivity contribution in [3.05, 3.63) is 224 Å². The zero-order chi connectivity index (χ0) is 38.4. The Kier molecular flexibility index (Phi) is 8.19. The van der Waals surface area contributed by atoms with Crippen LogP contribution in [0.25, 0.3) is 88.0 Å². The second-order valence-corrected chi connectivity index (χ2v) is 14.9. The number of hydrogen-bond acceptors (Lipinski definition) is 2. The van der Waals surface area contributed by atoms with Crippen molar-refractivity contribution in [1.29, 1.82) is 0 Å². The molecule has 58 heavy (non-hydrogen) atoms. The van der Waals surface area contributed by atoms with E-state index in [0.29, 0.717) is 0 Å². The molecule has 0 unspecified atom stereocenters. The van der Waals surface area contributed by atoms with Crippen LogP contribution in [0.1, 0.15) is 0 Å². The van der Waals surface area contributed by atoms with Gasteiger partial charge in [0, 0.05) is 33.2 Å². The zero-order valence-corrected chi connectivity index (χ0v) is 31.7. The van der Waals surface area contributed by atoms with Gasteiger partial charge in [0.15, 0.2) is 0 Å². The van der Waals surface area contributed by atoms with E-state index in [9.17, 15) is 0 Å². The van der Waals surface area contributed by atoms with Gasteiger partial charge in [-0.25, -0.2) is 0 Å². The highest BCUT2D eigenvalue weighted by Crippen LogP contribution is 2.43. The van der Waals surface area contributed by atoms with E-state index in [1.54, 1.807) is 0 Å². The van der Waals surface area contributed by atoms with Gasteiger partial charge in [0.2, 0.25) is 0 Å². The minimum atomic E-state index is 0.894. The van der Waals surface area contributed by atoms with Crippen molar-refractivity contribution in [3.8, 4) is 44.5 Å². The molecule has 0 atom stereocenters. The van der Waals surface area contributed by atoms with Crippen molar-refractivity contribution >= 4 is 60.5 Å². The van der Waals surface area contributed by atoms with E-state index in [4.69, 9.17) is 4.42 Å². The van der Waals surface area contributed by atoms with Crippen LogP contribution in [-0.4, -0.2) is 0 Å². The molecule has 2 nitrogen and oxygen atoms in total. The predicted molar refractivity (Wildman–Crippen MR) is 245 cm³/mol. The number of furan rings is 1. The summed E-state index contributed by atoms with van der Waals surface area (Å²) in [6.45, 7) is 0. The molecule has 0 aliphatic carbocycles. The molecule has 0 aliphatic heterocycles. The number of fused-ring (bicyclic) bond motifs is 6. The molecular weight excluding hydrogens is 703 g/mol. The van der Waals surface area contributed by atoms with Gasteiger partial charge in [0.1, 0.15) is 11.2 Å². The van der Waals surface area contributed by atoms with Crippen molar-refractivity contribution in [2.24, 2.45) is 0 Å². The van der Waals surface area contributed by atoms with E-state index in [2.05, 4.69) is 229 Å². The van der Waals surface area contributed by atoms with Gasteiger partial charge in [0.05, 0.1) is 0 Å². The number of benzene rings is 10. The second kappa shape index (κ2) is 14.1. The highest BCUT2D eigenvalue weighted by Gasteiger charge is 2.18. The largest absolute Gasteiger partial charge is 0.455 e. The summed E-state index contributed by atoms with van der Waals surface area (Å²) in [7, 11) is 0. The Morgan fingerprint density at radius 1 is 0.276 bits per heavy atom. The fraction of sp³-hybridized carbons (Fsp3) is 0. The topological polar surface area (TPSA) is 16.4 Å². The smallest absolute Gasteiger partial charge is 0.143 e.